The molecular weight excluding hydrogens is 218 g/mol. The van der Waals surface area contributed by atoms with Gasteiger partial charge in [0.15, 0.2) is 0 Å². The van der Waals surface area contributed by atoms with Gasteiger partial charge in [-0.1, -0.05) is 5.92 Å². The Hall–Kier alpha value is -1.25. The van der Waals surface area contributed by atoms with E-state index in [0.29, 0.717) is 6.61 Å². The number of hydrogen-bond acceptors (Lipinski definition) is 4. The number of terminal acetylenes is 1. The van der Waals surface area contributed by atoms with Crippen molar-refractivity contribution in [3.05, 3.63) is 0 Å². The quantitative estimate of drug-likeness (QED) is 0.644. The minimum Gasteiger partial charge on any atom is -0.448 e. The van der Waals surface area contributed by atoms with Crippen LogP contribution in [0.2, 0.25) is 0 Å². The van der Waals surface area contributed by atoms with Crippen LogP contribution < -0.4 is 0 Å². The lowest BCUT2D eigenvalue weighted by Crippen LogP contribution is -2.47. The van der Waals surface area contributed by atoms with Crippen LogP contribution in [0, 0.1) is 12.3 Å². The number of hydrogen-bond donors (Lipinski definition) is 0. The van der Waals surface area contributed by atoms with Crippen LogP contribution in [0.1, 0.15) is 0 Å². The maximum absolute atomic E-state index is 11.2. The van der Waals surface area contributed by atoms with Crippen LogP contribution in [0.3, 0.4) is 0 Å². The molecule has 0 spiro atoms. The molecule has 5 nitrogen and oxygen atoms in total. The van der Waals surface area contributed by atoms with Crippen molar-refractivity contribution in [1.82, 2.24) is 14.7 Å². The summed E-state index contributed by atoms with van der Waals surface area (Å²) in [6.45, 7) is 5.93. The molecule has 0 unspecified atom stereocenters. The highest BCUT2D eigenvalue weighted by molar-refractivity contribution is 5.66. The monoisotopic (exact) mass is 239 g/mol. The van der Waals surface area contributed by atoms with E-state index in [1.807, 2.05) is 0 Å². The zero-order valence-corrected chi connectivity index (χ0v) is 10.7. The van der Waals surface area contributed by atoms with E-state index in [4.69, 9.17) is 11.2 Å². The molecule has 5 heteroatoms. The Labute approximate surface area is 103 Å². The molecule has 1 aliphatic rings. The second-order valence-corrected chi connectivity index (χ2v) is 4.33. The summed E-state index contributed by atoms with van der Waals surface area (Å²) in [4.78, 5) is 17.2. The third-order valence-corrected chi connectivity index (χ3v) is 2.78. The van der Waals surface area contributed by atoms with Gasteiger partial charge < -0.3 is 9.64 Å². The molecule has 0 aromatic rings. The van der Waals surface area contributed by atoms with E-state index in [9.17, 15) is 4.79 Å². The molecule has 1 heterocycles. The molecule has 0 bridgehead atoms. The maximum Gasteiger partial charge on any atom is 0.409 e. The highest BCUT2D eigenvalue weighted by Crippen LogP contribution is 2.00. The largest absolute Gasteiger partial charge is 0.448 e. The lowest BCUT2D eigenvalue weighted by molar-refractivity contribution is 0.0865. The normalized spacial score (nSPS) is 17.5. The highest BCUT2D eigenvalue weighted by Gasteiger charge is 2.16. The van der Waals surface area contributed by atoms with Crippen molar-refractivity contribution in [2.24, 2.45) is 0 Å². The van der Waals surface area contributed by atoms with E-state index in [-0.39, 0.29) is 6.09 Å². The van der Waals surface area contributed by atoms with Gasteiger partial charge in [-0.25, -0.2) is 4.79 Å². The average Bonchev–Trinajstić information content (AvgIpc) is 2.31. The standard InChI is InChI=1S/C12H21N3O2/c1-4-5-14-6-8-15(9-7-14)10-11-17-12(16)13(2)3/h1H,5-11H2,2-3H3. The third-order valence-electron chi connectivity index (χ3n) is 2.78. The van der Waals surface area contributed by atoms with Crippen LogP contribution in [0.4, 0.5) is 4.79 Å². The SMILES string of the molecule is C#CCN1CCN(CCOC(=O)N(C)C)CC1. The molecule has 17 heavy (non-hydrogen) atoms. The maximum atomic E-state index is 11.2. The molecule has 1 fully saturated rings. The first-order valence-corrected chi connectivity index (χ1v) is 5.85. The van der Waals surface area contributed by atoms with Crippen LogP contribution in [0.5, 0.6) is 0 Å². The Morgan fingerprint density at radius 2 is 1.88 bits per heavy atom. The Kier molecular flexibility index (Phi) is 5.81. The lowest BCUT2D eigenvalue weighted by atomic mass is 10.3. The molecule has 0 aromatic carbocycles. The van der Waals surface area contributed by atoms with E-state index >= 15 is 0 Å². The summed E-state index contributed by atoms with van der Waals surface area (Å²) in [5.41, 5.74) is 0. The van der Waals surface area contributed by atoms with Crippen LogP contribution >= 0.6 is 0 Å². The zero-order chi connectivity index (χ0) is 12.7. The van der Waals surface area contributed by atoms with Crippen molar-refractivity contribution in [2.45, 2.75) is 0 Å². The second kappa shape index (κ2) is 7.15. The summed E-state index contributed by atoms with van der Waals surface area (Å²) in [7, 11) is 3.36. The summed E-state index contributed by atoms with van der Waals surface area (Å²) >= 11 is 0. The van der Waals surface area contributed by atoms with Gasteiger partial charge in [0.05, 0.1) is 6.54 Å². The molecule has 0 atom stereocenters. The van der Waals surface area contributed by atoms with Crippen molar-refractivity contribution in [3.8, 4) is 12.3 Å². The minimum atomic E-state index is -0.282. The molecule has 1 aliphatic heterocycles. The van der Waals surface area contributed by atoms with Gasteiger partial charge in [-0.05, 0) is 0 Å². The number of rotatable bonds is 4. The number of ether oxygens (including phenoxy) is 1. The van der Waals surface area contributed by atoms with Crippen LogP contribution in [-0.4, -0.2) is 80.8 Å². The average molecular weight is 239 g/mol. The number of carbonyl (C=O) groups is 1. The number of piperazine rings is 1. The topological polar surface area (TPSA) is 36.0 Å². The van der Waals surface area contributed by atoms with E-state index in [0.717, 1.165) is 39.3 Å². The van der Waals surface area contributed by atoms with Crippen LogP contribution in [0.25, 0.3) is 0 Å². The zero-order valence-electron chi connectivity index (χ0n) is 10.7. The fourth-order valence-corrected chi connectivity index (χ4v) is 1.69. The van der Waals surface area contributed by atoms with Crippen molar-refractivity contribution in [3.63, 3.8) is 0 Å². The summed E-state index contributed by atoms with van der Waals surface area (Å²) in [6, 6.07) is 0. The highest BCUT2D eigenvalue weighted by atomic mass is 16.6. The molecular formula is C12H21N3O2. The first-order chi connectivity index (χ1) is 8.13. The molecule has 0 radical (unpaired) electrons. The Bertz CT molecular complexity index is 278. The van der Waals surface area contributed by atoms with Crippen molar-refractivity contribution < 1.29 is 9.53 Å². The van der Waals surface area contributed by atoms with E-state index in [1.165, 1.54) is 4.90 Å². The van der Waals surface area contributed by atoms with Gasteiger partial charge in [0.25, 0.3) is 0 Å². The van der Waals surface area contributed by atoms with E-state index < -0.39 is 0 Å². The third kappa shape index (κ3) is 5.07. The van der Waals surface area contributed by atoms with Gasteiger partial charge in [-0.15, -0.1) is 6.42 Å². The van der Waals surface area contributed by atoms with Gasteiger partial charge >= 0.3 is 6.09 Å². The van der Waals surface area contributed by atoms with E-state index in [1.54, 1.807) is 14.1 Å². The molecule has 1 rings (SSSR count). The molecule has 1 amide bonds. The Morgan fingerprint density at radius 3 is 2.41 bits per heavy atom. The molecule has 0 aliphatic carbocycles. The predicted octanol–water partition coefficient (Wildman–Crippen LogP) is -0.0646. The molecule has 1 saturated heterocycles. The summed E-state index contributed by atoms with van der Waals surface area (Å²) in [5.74, 6) is 2.66. The van der Waals surface area contributed by atoms with Gasteiger partial charge in [-0.3, -0.25) is 9.80 Å². The second-order valence-electron chi connectivity index (χ2n) is 4.33. The van der Waals surface area contributed by atoms with Gasteiger partial charge in [0, 0.05) is 46.8 Å². The summed E-state index contributed by atoms with van der Waals surface area (Å²) in [6.07, 6.45) is 4.99. The lowest BCUT2D eigenvalue weighted by Gasteiger charge is -2.33. The summed E-state index contributed by atoms with van der Waals surface area (Å²) in [5, 5.41) is 0. The van der Waals surface area contributed by atoms with Crippen LogP contribution in [-0.2, 0) is 4.74 Å². The number of nitrogens with zero attached hydrogens (tertiary/aromatic N) is 3. The number of amides is 1. The van der Waals surface area contributed by atoms with Crippen molar-refractivity contribution >= 4 is 6.09 Å². The molecule has 0 N–H and O–H groups in total. The van der Waals surface area contributed by atoms with Gasteiger partial charge in [0.2, 0.25) is 0 Å². The Morgan fingerprint density at radius 1 is 1.29 bits per heavy atom. The fraction of sp³-hybridized carbons (Fsp3) is 0.750. The predicted molar refractivity (Wildman–Crippen MR) is 66.7 cm³/mol. The minimum absolute atomic E-state index is 0.282. The van der Waals surface area contributed by atoms with Crippen LogP contribution in [0.15, 0.2) is 0 Å². The van der Waals surface area contributed by atoms with Gasteiger partial charge in [0.1, 0.15) is 6.61 Å². The van der Waals surface area contributed by atoms with Crippen molar-refractivity contribution in [1.29, 1.82) is 0 Å². The summed E-state index contributed by atoms with van der Waals surface area (Å²) < 4.78 is 5.08. The first kappa shape index (κ1) is 13.8. The van der Waals surface area contributed by atoms with E-state index in [2.05, 4.69) is 15.7 Å². The Balaban J connectivity index is 2.11. The first-order valence-electron chi connectivity index (χ1n) is 5.85. The molecule has 96 valence electrons. The van der Waals surface area contributed by atoms with Crippen molar-refractivity contribution in [2.75, 3.05) is 60.0 Å². The smallest absolute Gasteiger partial charge is 0.409 e. The number of carbonyl (C=O) groups excluding carboxylic acids is 1. The van der Waals surface area contributed by atoms with Gasteiger partial charge in [-0.2, -0.15) is 0 Å². The molecule has 0 saturated carbocycles. The fourth-order valence-electron chi connectivity index (χ4n) is 1.69. The molecule has 0 aromatic heterocycles.